The second kappa shape index (κ2) is 6.50. The van der Waals surface area contributed by atoms with Crippen molar-refractivity contribution in [2.45, 2.75) is 6.54 Å². The SMILES string of the molecule is CN(C)c1ccc(CNC(=O)c2ccc(Cl)c(N)c2)cc1. The molecule has 4 nitrogen and oxygen atoms in total. The van der Waals surface area contributed by atoms with Crippen molar-refractivity contribution in [1.82, 2.24) is 5.32 Å². The zero-order valence-corrected chi connectivity index (χ0v) is 12.8. The fraction of sp³-hybridized carbons (Fsp3) is 0.188. The van der Waals surface area contributed by atoms with Crippen molar-refractivity contribution >= 4 is 28.9 Å². The monoisotopic (exact) mass is 303 g/mol. The molecule has 0 atom stereocenters. The van der Waals surface area contributed by atoms with E-state index in [2.05, 4.69) is 5.32 Å². The lowest BCUT2D eigenvalue weighted by molar-refractivity contribution is 0.0951. The molecular weight excluding hydrogens is 286 g/mol. The Kier molecular flexibility index (Phi) is 4.70. The molecule has 0 saturated carbocycles. The molecule has 0 spiro atoms. The highest BCUT2D eigenvalue weighted by atomic mass is 35.5. The van der Waals surface area contributed by atoms with Crippen molar-refractivity contribution in [3.8, 4) is 0 Å². The van der Waals surface area contributed by atoms with Crippen LogP contribution in [-0.4, -0.2) is 20.0 Å². The maximum absolute atomic E-state index is 12.0. The van der Waals surface area contributed by atoms with Gasteiger partial charge in [0.05, 0.1) is 10.7 Å². The molecule has 2 rings (SSSR count). The molecule has 3 N–H and O–H groups in total. The van der Waals surface area contributed by atoms with E-state index in [0.717, 1.165) is 11.3 Å². The summed E-state index contributed by atoms with van der Waals surface area (Å²) in [6.07, 6.45) is 0. The molecular formula is C16H18ClN3O. The summed E-state index contributed by atoms with van der Waals surface area (Å²) in [4.78, 5) is 14.1. The van der Waals surface area contributed by atoms with E-state index >= 15 is 0 Å². The van der Waals surface area contributed by atoms with Gasteiger partial charge in [-0.05, 0) is 35.9 Å². The second-order valence-electron chi connectivity index (χ2n) is 4.98. The Hall–Kier alpha value is -2.20. The average Bonchev–Trinajstić information content (AvgIpc) is 2.48. The molecule has 0 bridgehead atoms. The van der Waals surface area contributed by atoms with Crippen LogP contribution in [0.15, 0.2) is 42.5 Å². The predicted octanol–water partition coefficient (Wildman–Crippen LogP) is 2.92. The Bertz CT molecular complexity index is 638. The van der Waals surface area contributed by atoms with E-state index < -0.39 is 0 Å². The average molecular weight is 304 g/mol. The molecule has 110 valence electrons. The van der Waals surface area contributed by atoms with Crippen molar-refractivity contribution in [2.24, 2.45) is 0 Å². The molecule has 1 amide bonds. The number of anilines is 2. The lowest BCUT2D eigenvalue weighted by Gasteiger charge is -2.13. The van der Waals surface area contributed by atoms with Gasteiger partial charge in [0.25, 0.3) is 5.91 Å². The van der Waals surface area contributed by atoms with Gasteiger partial charge in [0.15, 0.2) is 0 Å². The van der Waals surface area contributed by atoms with Gasteiger partial charge in [-0.15, -0.1) is 0 Å². The summed E-state index contributed by atoms with van der Waals surface area (Å²) in [5.41, 5.74) is 8.76. The quantitative estimate of drug-likeness (QED) is 0.854. The number of benzene rings is 2. The number of hydrogen-bond acceptors (Lipinski definition) is 3. The van der Waals surface area contributed by atoms with E-state index in [1.165, 1.54) is 0 Å². The third kappa shape index (κ3) is 3.89. The lowest BCUT2D eigenvalue weighted by atomic mass is 10.1. The number of halogens is 1. The molecule has 0 aliphatic carbocycles. The number of carbonyl (C=O) groups is 1. The first-order valence-corrected chi connectivity index (χ1v) is 6.94. The van der Waals surface area contributed by atoms with Crippen LogP contribution < -0.4 is 16.0 Å². The maximum atomic E-state index is 12.0. The fourth-order valence-electron chi connectivity index (χ4n) is 1.88. The molecule has 0 saturated heterocycles. The Balaban J connectivity index is 1.98. The number of amides is 1. The van der Waals surface area contributed by atoms with Crippen LogP contribution >= 0.6 is 11.6 Å². The number of rotatable bonds is 4. The molecule has 0 fully saturated rings. The van der Waals surface area contributed by atoms with Gasteiger partial charge < -0.3 is 16.0 Å². The van der Waals surface area contributed by atoms with E-state index in [0.29, 0.717) is 22.8 Å². The minimum Gasteiger partial charge on any atom is -0.398 e. The summed E-state index contributed by atoms with van der Waals surface area (Å²) in [5.74, 6) is -0.171. The largest absolute Gasteiger partial charge is 0.398 e. The van der Waals surface area contributed by atoms with Crippen LogP contribution in [0.1, 0.15) is 15.9 Å². The van der Waals surface area contributed by atoms with Gasteiger partial charge in [0.2, 0.25) is 0 Å². The third-order valence-electron chi connectivity index (χ3n) is 3.16. The van der Waals surface area contributed by atoms with E-state index in [4.69, 9.17) is 17.3 Å². The van der Waals surface area contributed by atoms with Gasteiger partial charge in [-0.1, -0.05) is 23.7 Å². The molecule has 0 aliphatic heterocycles. The molecule has 5 heteroatoms. The Morgan fingerprint density at radius 1 is 1.19 bits per heavy atom. The minimum atomic E-state index is -0.171. The molecule has 2 aromatic carbocycles. The summed E-state index contributed by atoms with van der Waals surface area (Å²) >= 11 is 5.84. The summed E-state index contributed by atoms with van der Waals surface area (Å²) in [6.45, 7) is 0.467. The fourth-order valence-corrected chi connectivity index (χ4v) is 2.00. The number of hydrogen-bond donors (Lipinski definition) is 2. The van der Waals surface area contributed by atoms with Crippen LogP contribution in [0.2, 0.25) is 5.02 Å². The summed E-state index contributed by atoms with van der Waals surface area (Å²) in [7, 11) is 3.98. The first-order chi connectivity index (χ1) is 9.97. The van der Waals surface area contributed by atoms with Gasteiger partial charge in [0.1, 0.15) is 0 Å². The molecule has 0 aromatic heterocycles. The number of nitrogens with two attached hydrogens (primary N) is 1. The number of carbonyl (C=O) groups excluding carboxylic acids is 1. The zero-order valence-electron chi connectivity index (χ0n) is 12.1. The normalized spacial score (nSPS) is 10.2. The maximum Gasteiger partial charge on any atom is 0.251 e. The first kappa shape index (κ1) is 15.2. The van der Waals surface area contributed by atoms with Gasteiger partial charge in [-0.25, -0.2) is 0 Å². The van der Waals surface area contributed by atoms with Crippen LogP contribution in [-0.2, 0) is 6.54 Å². The van der Waals surface area contributed by atoms with Gasteiger partial charge >= 0.3 is 0 Å². The predicted molar refractivity (Wildman–Crippen MR) is 87.8 cm³/mol. The Morgan fingerprint density at radius 2 is 1.86 bits per heavy atom. The summed E-state index contributed by atoms with van der Waals surface area (Å²) < 4.78 is 0. The van der Waals surface area contributed by atoms with E-state index in [-0.39, 0.29) is 5.91 Å². The highest BCUT2D eigenvalue weighted by Crippen LogP contribution is 2.19. The summed E-state index contributed by atoms with van der Waals surface area (Å²) in [5, 5.41) is 3.31. The Morgan fingerprint density at radius 3 is 2.43 bits per heavy atom. The van der Waals surface area contributed by atoms with Crippen LogP contribution in [0.25, 0.3) is 0 Å². The van der Waals surface area contributed by atoms with Crippen molar-refractivity contribution in [1.29, 1.82) is 0 Å². The number of nitrogens with zero attached hydrogens (tertiary/aromatic N) is 1. The van der Waals surface area contributed by atoms with Crippen molar-refractivity contribution in [3.05, 3.63) is 58.6 Å². The van der Waals surface area contributed by atoms with E-state index in [9.17, 15) is 4.79 Å². The second-order valence-corrected chi connectivity index (χ2v) is 5.39. The van der Waals surface area contributed by atoms with Crippen LogP contribution in [0.5, 0.6) is 0 Å². The van der Waals surface area contributed by atoms with Crippen LogP contribution in [0.4, 0.5) is 11.4 Å². The van der Waals surface area contributed by atoms with Gasteiger partial charge in [-0.3, -0.25) is 4.79 Å². The van der Waals surface area contributed by atoms with Crippen molar-refractivity contribution in [2.75, 3.05) is 24.7 Å². The molecule has 0 radical (unpaired) electrons. The lowest BCUT2D eigenvalue weighted by Crippen LogP contribution is -2.22. The topological polar surface area (TPSA) is 58.4 Å². The number of nitrogens with one attached hydrogen (secondary N) is 1. The smallest absolute Gasteiger partial charge is 0.251 e. The van der Waals surface area contributed by atoms with Crippen molar-refractivity contribution < 1.29 is 4.79 Å². The number of nitrogen functional groups attached to an aromatic ring is 1. The first-order valence-electron chi connectivity index (χ1n) is 6.57. The standard InChI is InChI=1S/C16H18ClN3O/c1-20(2)13-6-3-11(4-7-13)10-19-16(21)12-5-8-14(17)15(18)9-12/h3-9H,10,18H2,1-2H3,(H,19,21). The van der Waals surface area contributed by atoms with Crippen LogP contribution in [0, 0.1) is 0 Å². The Labute approximate surface area is 129 Å². The van der Waals surface area contributed by atoms with E-state index in [1.54, 1.807) is 18.2 Å². The molecule has 0 aliphatic rings. The van der Waals surface area contributed by atoms with Gasteiger partial charge in [-0.2, -0.15) is 0 Å². The van der Waals surface area contributed by atoms with E-state index in [1.807, 2.05) is 43.3 Å². The molecule has 21 heavy (non-hydrogen) atoms. The highest BCUT2D eigenvalue weighted by molar-refractivity contribution is 6.33. The molecule has 0 heterocycles. The van der Waals surface area contributed by atoms with Crippen LogP contribution in [0.3, 0.4) is 0 Å². The van der Waals surface area contributed by atoms with Gasteiger partial charge in [0, 0.05) is 31.9 Å². The molecule has 2 aromatic rings. The summed E-state index contributed by atoms with van der Waals surface area (Å²) in [6, 6.07) is 12.9. The highest BCUT2D eigenvalue weighted by Gasteiger charge is 2.07. The minimum absolute atomic E-state index is 0.171. The third-order valence-corrected chi connectivity index (χ3v) is 3.51. The zero-order chi connectivity index (χ0) is 15.4. The molecule has 0 unspecified atom stereocenters. The van der Waals surface area contributed by atoms with Crippen molar-refractivity contribution in [3.63, 3.8) is 0 Å².